The van der Waals surface area contributed by atoms with Gasteiger partial charge in [-0.25, -0.2) is 9.59 Å². The number of nitrogens with one attached hydrogen (secondary N) is 2. The molecule has 0 spiro atoms. The number of anilines is 1. The highest BCUT2D eigenvalue weighted by Crippen LogP contribution is 2.16. The van der Waals surface area contributed by atoms with Gasteiger partial charge < -0.3 is 15.4 Å². The van der Waals surface area contributed by atoms with E-state index in [4.69, 9.17) is 4.74 Å². The average molecular weight is 391 g/mol. The second-order valence-electron chi connectivity index (χ2n) is 5.02. The van der Waals surface area contributed by atoms with Gasteiger partial charge in [0.2, 0.25) is 0 Å². The van der Waals surface area contributed by atoms with Crippen LogP contribution >= 0.6 is 15.9 Å². The van der Waals surface area contributed by atoms with Gasteiger partial charge in [-0.05, 0) is 43.2 Å². The van der Waals surface area contributed by atoms with Gasteiger partial charge in [0.15, 0.2) is 0 Å². The van der Waals surface area contributed by atoms with E-state index in [0.29, 0.717) is 17.8 Å². The zero-order chi connectivity index (χ0) is 17.4. The van der Waals surface area contributed by atoms with Crippen LogP contribution in [-0.2, 0) is 11.2 Å². The SMILES string of the molecule is CCOC(=O)c1ccccc1NC(=O)NCCc1ccc(Br)cc1. The van der Waals surface area contributed by atoms with Crippen molar-refractivity contribution in [3.8, 4) is 0 Å². The summed E-state index contributed by atoms with van der Waals surface area (Å²) in [6.07, 6.45) is 0.722. The van der Waals surface area contributed by atoms with E-state index in [1.165, 1.54) is 0 Å². The molecule has 2 aromatic carbocycles. The molecule has 2 rings (SSSR count). The molecule has 0 saturated carbocycles. The number of halogens is 1. The fourth-order valence-corrected chi connectivity index (χ4v) is 2.38. The number of rotatable bonds is 6. The highest BCUT2D eigenvalue weighted by molar-refractivity contribution is 9.10. The molecule has 0 heterocycles. The van der Waals surface area contributed by atoms with E-state index in [2.05, 4.69) is 26.6 Å². The second kappa shape index (κ2) is 9.08. The summed E-state index contributed by atoms with van der Waals surface area (Å²) in [7, 11) is 0. The maximum atomic E-state index is 12.0. The third kappa shape index (κ3) is 5.38. The lowest BCUT2D eigenvalue weighted by atomic mass is 10.1. The molecule has 126 valence electrons. The van der Waals surface area contributed by atoms with Crippen LogP contribution in [0.25, 0.3) is 0 Å². The fourth-order valence-electron chi connectivity index (χ4n) is 2.12. The molecule has 6 heteroatoms. The van der Waals surface area contributed by atoms with Gasteiger partial charge >= 0.3 is 12.0 Å². The van der Waals surface area contributed by atoms with Crippen molar-refractivity contribution in [2.75, 3.05) is 18.5 Å². The van der Waals surface area contributed by atoms with E-state index in [0.717, 1.165) is 16.5 Å². The number of urea groups is 1. The molecule has 0 aliphatic carbocycles. The van der Waals surface area contributed by atoms with Crippen molar-refractivity contribution in [1.82, 2.24) is 5.32 Å². The van der Waals surface area contributed by atoms with E-state index in [9.17, 15) is 9.59 Å². The quantitative estimate of drug-likeness (QED) is 0.732. The van der Waals surface area contributed by atoms with Gasteiger partial charge in [-0.2, -0.15) is 0 Å². The van der Waals surface area contributed by atoms with Crippen molar-refractivity contribution >= 4 is 33.6 Å². The maximum Gasteiger partial charge on any atom is 0.340 e. The van der Waals surface area contributed by atoms with Crippen molar-refractivity contribution in [2.45, 2.75) is 13.3 Å². The third-order valence-corrected chi connectivity index (χ3v) is 3.81. The lowest BCUT2D eigenvalue weighted by molar-refractivity contribution is 0.0527. The normalized spacial score (nSPS) is 10.1. The van der Waals surface area contributed by atoms with Crippen molar-refractivity contribution in [1.29, 1.82) is 0 Å². The molecule has 0 bridgehead atoms. The molecular weight excluding hydrogens is 372 g/mol. The van der Waals surface area contributed by atoms with Gasteiger partial charge in [0.25, 0.3) is 0 Å². The summed E-state index contributed by atoms with van der Waals surface area (Å²) in [5, 5.41) is 5.47. The van der Waals surface area contributed by atoms with Gasteiger partial charge in [0, 0.05) is 11.0 Å². The average Bonchev–Trinajstić information content (AvgIpc) is 2.57. The van der Waals surface area contributed by atoms with Crippen LogP contribution in [-0.4, -0.2) is 25.2 Å². The zero-order valence-electron chi connectivity index (χ0n) is 13.3. The minimum atomic E-state index is -0.455. The molecule has 0 radical (unpaired) electrons. The number of esters is 1. The molecule has 24 heavy (non-hydrogen) atoms. The third-order valence-electron chi connectivity index (χ3n) is 3.28. The lowest BCUT2D eigenvalue weighted by Gasteiger charge is -2.11. The number of para-hydroxylation sites is 1. The Labute approximate surface area is 149 Å². The molecule has 0 saturated heterocycles. The summed E-state index contributed by atoms with van der Waals surface area (Å²) < 4.78 is 6.01. The van der Waals surface area contributed by atoms with E-state index in [1.807, 2.05) is 24.3 Å². The zero-order valence-corrected chi connectivity index (χ0v) is 14.9. The Morgan fingerprint density at radius 2 is 1.79 bits per heavy atom. The summed E-state index contributed by atoms with van der Waals surface area (Å²) in [5.74, 6) is -0.455. The van der Waals surface area contributed by atoms with Crippen LogP contribution in [0.4, 0.5) is 10.5 Å². The first-order valence-electron chi connectivity index (χ1n) is 7.65. The summed E-state index contributed by atoms with van der Waals surface area (Å²) in [6.45, 7) is 2.52. The van der Waals surface area contributed by atoms with Crippen molar-refractivity contribution in [3.05, 3.63) is 64.1 Å². The molecule has 0 aliphatic heterocycles. The molecule has 2 amide bonds. The van der Waals surface area contributed by atoms with Crippen LogP contribution in [0.5, 0.6) is 0 Å². The minimum Gasteiger partial charge on any atom is -0.462 e. The van der Waals surface area contributed by atoms with Gasteiger partial charge in [0.05, 0.1) is 17.9 Å². The summed E-state index contributed by atoms with van der Waals surface area (Å²) in [6, 6.07) is 14.3. The second-order valence-corrected chi connectivity index (χ2v) is 5.94. The monoisotopic (exact) mass is 390 g/mol. The molecule has 0 aromatic heterocycles. The molecule has 2 aromatic rings. The highest BCUT2D eigenvalue weighted by Gasteiger charge is 2.13. The number of hydrogen-bond donors (Lipinski definition) is 2. The summed E-state index contributed by atoms with van der Waals surface area (Å²) in [5.41, 5.74) is 1.89. The van der Waals surface area contributed by atoms with Crippen LogP contribution < -0.4 is 10.6 Å². The summed E-state index contributed by atoms with van der Waals surface area (Å²) in [4.78, 5) is 23.9. The van der Waals surface area contributed by atoms with Crippen molar-refractivity contribution < 1.29 is 14.3 Å². The summed E-state index contributed by atoms with van der Waals surface area (Å²) >= 11 is 3.39. The first kappa shape index (κ1) is 18.0. The Morgan fingerprint density at radius 1 is 1.08 bits per heavy atom. The predicted octanol–water partition coefficient (Wildman–Crippen LogP) is 3.99. The van der Waals surface area contributed by atoms with E-state index < -0.39 is 5.97 Å². The van der Waals surface area contributed by atoms with Gasteiger partial charge in [-0.15, -0.1) is 0 Å². The standard InChI is InChI=1S/C18H19BrN2O3/c1-2-24-17(22)15-5-3-4-6-16(15)21-18(23)20-12-11-13-7-9-14(19)10-8-13/h3-10H,2,11-12H2,1H3,(H2,20,21,23). The van der Waals surface area contributed by atoms with Crippen LogP contribution in [0, 0.1) is 0 Å². The molecule has 0 aliphatic rings. The van der Waals surface area contributed by atoms with E-state index >= 15 is 0 Å². The predicted molar refractivity (Wildman–Crippen MR) is 97.3 cm³/mol. The Hall–Kier alpha value is -2.34. The van der Waals surface area contributed by atoms with Crippen LogP contribution in [0.1, 0.15) is 22.8 Å². The van der Waals surface area contributed by atoms with Crippen LogP contribution in [0.3, 0.4) is 0 Å². The van der Waals surface area contributed by atoms with Gasteiger partial charge in [0.1, 0.15) is 0 Å². The molecule has 0 atom stereocenters. The first-order valence-corrected chi connectivity index (χ1v) is 8.45. The van der Waals surface area contributed by atoms with Crippen molar-refractivity contribution in [2.24, 2.45) is 0 Å². The number of carbonyl (C=O) groups is 2. The van der Waals surface area contributed by atoms with Gasteiger partial charge in [-0.1, -0.05) is 40.2 Å². The number of benzene rings is 2. The molecule has 5 nitrogen and oxygen atoms in total. The number of carbonyl (C=O) groups excluding carboxylic acids is 2. The number of ether oxygens (including phenoxy) is 1. The lowest BCUT2D eigenvalue weighted by Crippen LogP contribution is -2.31. The smallest absolute Gasteiger partial charge is 0.340 e. The topological polar surface area (TPSA) is 67.4 Å². The number of amides is 2. The molecule has 0 fully saturated rings. The van der Waals surface area contributed by atoms with E-state index in [1.54, 1.807) is 31.2 Å². The number of hydrogen-bond acceptors (Lipinski definition) is 3. The Kier molecular flexibility index (Phi) is 6.81. The van der Waals surface area contributed by atoms with Crippen LogP contribution in [0.15, 0.2) is 53.0 Å². The minimum absolute atomic E-state index is 0.284. The fraction of sp³-hybridized carbons (Fsp3) is 0.222. The highest BCUT2D eigenvalue weighted by atomic mass is 79.9. The van der Waals surface area contributed by atoms with Crippen molar-refractivity contribution in [3.63, 3.8) is 0 Å². The molecule has 0 unspecified atom stereocenters. The first-order chi connectivity index (χ1) is 11.6. The van der Waals surface area contributed by atoms with E-state index in [-0.39, 0.29) is 12.6 Å². The molecular formula is C18H19BrN2O3. The Morgan fingerprint density at radius 3 is 2.50 bits per heavy atom. The molecule has 2 N–H and O–H groups in total. The Balaban J connectivity index is 1.88. The Bertz CT molecular complexity index is 702. The van der Waals surface area contributed by atoms with Gasteiger partial charge in [-0.3, -0.25) is 0 Å². The maximum absolute atomic E-state index is 12.0. The van der Waals surface area contributed by atoms with Crippen LogP contribution in [0.2, 0.25) is 0 Å². The largest absolute Gasteiger partial charge is 0.462 e.